The molecule has 0 aliphatic carbocycles. The lowest BCUT2D eigenvalue weighted by Crippen LogP contribution is -2.09. The van der Waals surface area contributed by atoms with Crippen LogP contribution in [0.25, 0.3) is 0 Å². The third-order valence-electron chi connectivity index (χ3n) is 5.09. The molecule has 0 aliphatic heterocycles. The number of nitrogens with zero attached hydrogens (tertiary/aromatic N) is 1. The van der Waals surface area contributed by atoms with E-state index >= 15 is 0 Å². The maximum atomic E-state index is 14.4. The van der Waals surface area contributed by atoms with Crippen molar-refractivity contribution in [2.45, 2.75) is 110 Å². The second-order valence-corrected chi connectivity index (χ2v) is 7.45. The zero-order valence-electron chi connectivity index (χ0n) is 16.9. The predicted octanol–water partition coefficient (Wildman–Crippen LogP) is 6.98. The summed E-state index contributed by atoms with van der Waals surface area (Å²) < 4.78 is 16.0. The molecule has 0 fully saturated rings. The minimum absolute atomic E-state index is 0.170. The Bertz CT molecular complexity index is 510. The first-order chi connectivity index (χ1) is 12.6. The Labute approximate surface area is 159 Å². The third kappa shape index (κ3) is 8.37. The van der Waals surface area contributed by atoms with E-state index in [-0.39, 0.29) is 5.69 Å². The van der Waals surface area contributed by atoms with E-state index in [1.165, 1.54) is 57.8 Å². The standard InChI is InChI=1S/C22H38FNO2/c1-3-5-7-8-9-10-11-12-13-14-15-16-19-18-24(17-6-4-2)21(20(19)23)22(25)26/h18H,3-17H2,1-2H3,(H,25,26). The van der Waals surface area contributed by atoms with Gasteiger partial charge in [0, 0.05) is 18.3 Å². The highest BCUT2D eigenvalue weighted by atomic mass is 19.1. The molecule has 0 unspecified atom stereocenters. The highest BCUT2D eigenvalue weighted by Gasteiger charge is 2.20. The fraction of sp³-hybridized carbons (Fsp3) is 0.773. The molecule has 0 aliphatic rings. The van der Waals surface area contributed by atoms with Crippen molar-refractivity contribution >= 4 is 5.97 Å². The number of rotatable bonds is 16. The minimum Gasteiger partial charge on any atom is -0.476 e. The van der Waals surface area contributed by atoms with Gasteiger partial charge in [0.1, 0.15) is 0 Å². The van der Waals surface area contributed by atoms with E-state index in [1.807, 2.05) is 6.92 Å². The molecule has 26 heavy (non-hydrogen) atoms. The molecule has 0 amide bonds. The summed E-state index contributed by atoms with van der Waals surface area (Å²) in [6.07, 6.45) is 18.1. The van der Waals surface area contributed by atoms with E-state index in [4.69, 9.17) is 0 Å². The fourth-order valence-electron chi connectivity index (χ4n) is 3.46. The maximum Gasteiger partial charge on any atom is 0.355 e. The van der Waals surface area contributed by atoms with Gasteiger partial charge in [-0.15, -0.1) is 0 Å². The molecule has 1 N–H and O–H groups in total. The van der Waals surface area contributed by atoms with Crippen molar-refractivity contribution in [2.24, 2.45) is 0 Å². The van der Waals surface area contributed by atoms with E-state index in [1.54, 1.807) is 10.8 Å². The molecular formula is C22H38FNO2. The van der Waals surface area contributed by atoms with Gasteiger partial charge in [0.2, 0.25) is 0 Å². The molecule has 1 rings (SSSR count). The Balaban J connectivity index is 2.23. The third-order valence-corrected chi connectivity index (χ3v) is 5.09. The van der Waals surface area contributed by atoms with Crippen LogP contribution in [0.5, 0.6) is 0 Å². The fourth-order valence-corrected chi connectivity index (χ4v) is 3.46. The first-order valence-electron chi connectivity index (χ1n) is 10.7. The Kier molecular flexibility index (Phi) is 12.1. The largest absolute Gasteiger partial charge is 0.476 e. The van der Waals surface area contributed by atoms with Gasteiger partial charge < -0.3 is 9.67 Å². The molecule has 0 radical (unpaired) electrons. The summed E-state index contributed by atoms with van der Waals surface area (Å²) in [4.78, 5) is 11.3. The number of unbranched alkanes of at least 4 members (excludes halogenated alkanes) is 11. The van der Waals surface area contributed by atoms with Crippen LogP contribution in [0.15, 0.2) is 6.20 Å². The van der Waals surface area contributed by atoms with Crippen molar-refractivity contribution in [2.75, 3.05) is 0 Å². The van der Waals surface area contributed by atoms with E-state index in [0.717, 1.165) is 25.7 Å². The van der Waals surface area contributed by atoms with Gasteiger partial charge in [-0.2, -0.15) is 0 Å². The molecule has 0 aromatic carbocycles. The van der Waals surface area contributed by atoms with Crippen molar-refractivity contribution in [1.29, 1.82) is 0 Å². The van der Waals surface area contributed by atoms with Crippen molar-refractivity contribution in [1.82, 2.24) is 4.57 Å². The summed E-state index contributed by atoms with van der Waals surface area (Å²) >= 11 is 0. The van der Waals surface area contributed by atoms with Crippen LogP contribution in [0.3, 0.4) is 0 Å². The number of carboxylic acid groups (broad SMARTS) is 1. The first kappa shape index (κ1) is 22.7. The Hall–Kier alpha value is -1.32. The lowest BCUT2D eigenvalue weighted by Gasteiger charge is -2.03. The second kappa shape index (κ2) is 13.8. The van der Waals surface area contributed by atoms with E-state index < -0.39 is 11.8 Å². The first-order valence-corrected chi connectivity index (χ1v) is 10.7. The number of carbonyl (C=O) groups is 1. The number of hydrogen-bond acceptors (Lipinski definition) is 1. The number of aromatic carboxylic acids is 1. The highest BCUT2D eigenvalue weighted by molar-refractivity contribution is 5.86. The SMILES string of the molecule is CCCCCCCCCCCCCc1cn(CCCC)c(C(=O)O)c1F. The molecule has 1 aromatic rings. The molecule has 1 aromatic heterocycles. The van der Waals surface area contributed by atoms with Crippen LogP contribution in [0, 0.1) is 5.82 Å². The number of carboxylic acids is 1. The molecule has 0 spiro atoms. The summed E-state index contributed by atoms with van der Waals surface area (Å²) in [5.41, 5.74) is 0.394. The van der Waals surface area contributed by atoms with Crippen LogP contribution >= 0.6 is 0 Å². The van der Waals surface area contributed by atoms with Crippen LogP contribution in [-0.4, -0.2) is 15.6 Å². The van der Waals surface area contributed by atoms with E-state index in [0.29, 0.717) is 18.5 Å². The summed E-state index contributed by atoms with van der Waals surface area (Å²) in [6.45, 7) is 4.87. The van der Waals surface area contributed by atoms with Gasteiger partial charge >= 0.3 is 5.97 Å². The molecular weight excluding hydrogens is 329 g/mol. The molecule has 4 heteroatoms. The molecule has 0 atom stereocenters. The van der Waals surface area contributed by atoms with Crippen molar-refractivity contribution in [3.05, 3.63) is 23.3 Å². The van der Waals surface area contributed by atoms with Gasteiger partial charge in [-0.3, -0.25) is 0 Å². The normalized spacial score (nSPS) is 11.2. The molecule has 150 valence electrons. The summed E-state index contributed by atoms with van der Waals surface area (Å²) in [6, 6.07) is 0. The summed E-state index contributed by atoms with van der Waals surface area (Å²) in [5, 5.41) is 9.26. The average Bonchev–Trinajstić information content (AvgIpc) is 2.93. The van der Waals surface area contributed by atoms with Gasteiger partial charge in [0.25, 0.3) is 0 Å². The lowest BCUT2D eigenvalue weighted by atomic mass is 10.0. The van der Waals surface area contributed by atoms with Crippen LogP contribution in [0.4, 0.5) is 4.39 Å². The molecule has 0 saturated carbocycles. The van der Waals surface area contributed by atoms with Gasteiger partial charge in [0.15, 0.2) is 11.5 Å². The highest BCUT2D eigenvalue weighted by Crippen LogP contribution is 2.20. The summed E-state index contributed by atoms with van der Waals surface area (Å²) in [7, 11) is 0. The van der Waals surface area contributed by atoms with Crippen LogP contribution in [-0.2, 0) is 13.0 Å². The number of halogens is 1. The van der Waals surface area contributed by atoms with Crippen LogP contribution in [0.2, 0.25) is 0 Å². The molecule has 3 nitrogen and oxygen atoms in total. The van der Waals surface area contributed by atoms with Crippen LogP contribution in [0.1, 0.15) is 113 Å². The number of aryl methyl sites for hydroxylation is 2. The number of hydrogen-bond donors (Lipinski definition) is 1. The average molecular weight is 368 g/mol. The zero-order valence-corrected chi connectivity index (χ0v) is 16.9. The van der Waals surface area contributed by atoms with Gasteiger partial charge in [-0.25, -0.2) is 9.18 Å². The van der Waals surface area contributed by atoms with E-state index in [9.17, 15) is 14.3 Å². The zero-order chi connectivity index (χ0) is 19.2. The maximum absolute atomic E-state index is 14.4. The summed E-state index contributed by atoms with van der Waals surface area (Å²) in [5.74, 6) is -1.69. The van der Waals surface area contributed by atoms with Gasteiger partial charge in [-0.05, 0) is 19.3 Å². The van der Waals surface area contributed by atoms with Crippen molar-refractivity contribution < 1.29 is 14.3 Å². The molecule has 0 bridgehead atoms. The Morgan fingerprint density at radius 3 is 1.88 bits per heavy atom. The monoisotopic (exact) mass is 367 g/mol. The molecule has 0 saturated heterocycles. The van der Waals surface area contributed by atoms with Crippen LogP contribution < -0.4 is 0 Å². The second-order valence-electron chi connectivity index (χ2n) is 7.45. The number of aromatic nitrogens is 1. The van der Waals surface area contributed by atoms with Crippen molar-refractivity contribution in [3.63, 3.8) is 0 Å². The minimum atomic E-state index is -1.16. The van der Waals surface area contributed by atoms with E-state index in [2.05, 4.69) is 6.92 Å². The topological polar surface area (TPSA) is 42.2 Å². The predicted molar refractivity (Wildman–Crippen MR) is 106 cm³/mol. The smallest absolute Gasteiger partial charge is 0.355 e. The van der Waals surface area contributed by atoms with Gasteiger partial charge in [-0.1, -0.05) is 84.5 Å². The Morgan fingerprint density at radius 1 is 0.885 bits per heavy atom. The Morgan fingerprint density at radius 2 is 1.38 bits per heavy atom. The quantitative estimate of drug-likeness (QED) is 0.320. The van der Waals surface area contributed by atoms with Crippen molar-refractivity contribution in [3.8, 4) is 0 Å². The molecule has 1 heterocycles. The lowest BCUT2D eigenvalue weighted by molar-refractivity contribution is 0.0679. The van der Waals surface area contributed by atoms with Gasteiger partial charge in [0.05, 0.1) is 0 Å².